The average molecular weight is 284 g/mol. The van der Waals surface area contributed by atoms with Crippen molar-refractivity contribution in [1.82, 2.24) is 19.7 Å². The van der Waals surface area contributed by atoms with Gasteiger partial charge in [0.1, 0.15) is 0 Å². The van der Waals surface area contributed by atoms with Gasteiger partial charge in [0.25, 0.3) is 0 Å². The predicted molar refractivity (Wildman–Crippen MR) is 62.0 cm³/mol. The van der Waals surface area contributed by atoms with Crippen LogP contribution in [0.15, 0.2) is 22.9 Å². The van der Waals surface area contributed by atoms with E-state index in [9.17, 15) is 0 Å². The van der Waals surface area contributed by atoms with E-state index in [-0.39, 0.29) is 5.95 Å². The molecule has 2 N–H and O–H groups in total. The fourth-order valence-corrected chi connectivity index (χ4v) is 1.64. The molecule has 16 heavy (non-hydrogen) atoms. The van der Waals surface area contributed by atoms with Crippen LogP contribution in [0.4, 0.5) is 5.95 Å². The van der Waals surface area contributed by atoms with Gasteiger partial charge in [-0.2, -0.15) is 4.98 Å². The second kappa shape index (κ2) is 4.48. The van der Waals surface area contributed by atoms with Crippen molar-refractivity contribution in [3.05, 3.63) is 28.6 Å². The van der Waals surface area contributed by atoms with E-state index in [0.29, 0.717) is 17.2 Å². The van der Waals surface area contributed by atoms with Crippen molar-refractivity contribution in [2.24, 2.45) is 0 Å². The third-order valence-corrected chi connectivity index (χ3v) is 2.53. The van der Waals surface area contributed by atoms with E-state index in [1.54, 1.807) is 17.9 Å². The summed E-state index contributed by atoms with van der Waals surface area (Å²) in [5, 5.41) is 4.02. The Kier molecular flexibility index (Phi) is 3.04. The zero-order valence-corrected chi connectivity index (χ0v) is 10.2. The molecule has 0 radical (unpaired) electrons. The number of halogens is 1. The zero-order chi connectivity index (χ0) is 11.5. The van der Waals surface area contributed by atoms with E-state index in [1.165, 1.54) is 0 Å². The minimum atomic E-state index is 0.231. The molecule has 6 nitrogen and oxygen atoms in total. The first-order valence-electron chi connectivity index (χ1n) is 4.55. The Balaban J connectivity index is 2.23. The molecular formula is C9H10BrN5O. The molecule has 2 heterocycles. The van der Waals surface area contributed by atoms with Gasteiger partial charge < -0.3 is 10.5 Å². The molecule has 0 aliphatic rings. The summed E-state index contributed by atoms with van der Waals surface area (Å²) in [6.45, 7) is 0.488. The van der Waals surface area contributed by atoms with Gasteiger partial charge in [-0.25, -0.2) is 9.67 Å². The van der Waals surface area contributed by atoms with Crippen LogP contribution in [0.5, 0.6) is 5.88 Å². The number of nitrogens with zero attached hydrogens (tertiary/aromatic N) is 4. The highest BCUT2D eigenvalue weighted by atomic mass is 79.9. The third kappa shape index (κ3) is 2.30. The first-order valence-corrected chi connectivity index (χ1v) is 5.34. The van der Waals surface area contributed by atoms with Gasteiger partial charge in [-0.3, -0.25) is 0 Å². The summed E-state index contributed by atoms with van der Waals surface area (Å²) in [6, 6.07) is 5.54. The van der Waals surface area contributed by atoms with Crippen LogP contribution in [0.3, 0.4) is 0 Å². The van der Waals surface area contributed by atoms with Crippen LogP contribution < -0.4 is 10.5 Å². The Morgan fingerprint density at radius 1 is 1.44 bits per heavy atom. The highest BCUT2D eigenvalue weighted by Crippen LogP contribution is 2.12. The first-order chi connectivity index (χ1) is 7.69. The van der Waals surface area contributed by atoms with Gasteiger partial charge in [0.15, 0.2) is 4.73 Å². The quantitative estimate of drug-likeness (QED) is 0.912. The zero-order valence-electron chi connectivity index (χ0n) is 8.59. The maximum Gasteiger partial charge on any atom is 0.240 e. The maximum atomic E-state index is 5.47. The van der Waals surface area contributed by atoms with Crippen molar-refractivity contribution < 1.29 is 4.74 Å². The molecule has 2 aromatic heterocycles. The molecule has 0 unspecified atom stereocenters. The largest absolute Gasteiger partial charge is 0.481 e. The minimum absolute atomic E-state index is 0.231. The van der Waals surface area contributed by atoms with Gasteiger partial charge in [-0.05, 0) is 22.0 Å². The summed E-state index contributed by atoms with van der Waals surface area (Å²) in [6.07, 6.45) is 0. The smallest absolute Gasteiger partial charge is 0.240 e. The lowest BCUT2D eigenvalue weighted by atomic mass is 10.3. The Hall–Kier alpha value is -1.63. The van der Waals surface area contributed by atoms with E-state index in [4.69, 9.17) is 10.5 Å². The number of rotatable bonds is 3. The van der Waals surface area contributed by atoms with Crippen molar-refractivity contribution >= 4 is 21.9 Å². The Morgan fingerprint density at radius 3 is 2.88 bits per heavy atom. The van der Waals surface area contributed by atoms with Crippen molar-refractivity contribution in [2.75, 3.05) is 12.8 Å². The Labute approximate surface area is 101 Å². The van der Waals surface area contributed by atoms with Crippen LogP contribution in [0.1, 0.15) is 5.69 Å². The third-order valence-electron chi connectivity index (χ3n) is 1.95. The molecule has 0 bridgehead atoms. The van der Waals surface area contributed by atoms with Crippen molar-refractivity contribution in [3.8, 4) is 5.88 Å². The number of ether oxygens (including phenoxy) is 1. The van der Waals surface area contributed by atoms with Gasteiger partial charge in [0, 0.05) is 6.07 Å². The second-order valence-electron chi connectivity index (χ2n) is 3.07. The number of nitrogen functional groups attached to an aromatic ring is 1. The molecule has 0 saturated heterocycles. The lowest BCUT2D eigenvalue weighted by Gasteiger charge is -2.03. The molecule has 0 aliphatic heterocycles. The molecule has 7 heteroatoms. The summed E-state index contributed by atoms with van der Waals surface area (Å²) < 4.78 is 7.24. The number of hydrogen-bond acceptors (Lipinski definition) is 5. The maximum absolute atomic E-state index is 5.47. The molecule has 0 aromatic carbocycles. The standard InChI is InChI=1S/C9H10BrN5O/c1-16-7-4-2-3-6(12-7)5-15-8(10)13-9(11)14-15/h2-4H,5H2,1H3,(H2,11,14). The number of hydrogen-bond donors (Lipinski definition) is 1. The minimum Gasteiger partial charge on any atom is -0.481 e. The SMILES string of the molecule is COc1cccc(Cn2nc(N)nc2Br)n1. The van der Waals surface area contributed by atoms with Crippen molar-refractivity contribution in [3.63, 3.8) is 0 Å². The summed E-state index contributed by atoms with van der Waals surface area (Å²) in [5.74, 6) is 0.802. The number of nitrogens with two attached hydrogens (primary N) is 1. The molecule has 0 aliphatic carbocycles. The van der Waals surface area contributed by atoms with Gasteiger partial charge in [0.05, 0.1) is 19.3 Å². The highest BCUT2D eigenvalue weighted by Gasteiger charge is 2.06. The Morgan fingerprint density at radius 2 is 2.25 bits per heavy atom. The van der Waals surface area contributed by atoms with Crippen molar-refractivity contribution in [2.45, 2.75) is 6.54 Å². The lowest BCUT2D eigenvalue weighted by Crippen LogP contribution is -2.05. The van der Waals surface area contributed by atoms with Gasteiger partial charge in [-0.15, -0.1) is 5.10 Å². The summed E-state index contributed by atoms with van der Waals surface area (Å²) in [4.78, 5) is 8.20. The van der Waals surface area contributed by atoms with Crippen LogP contribution in [0.2, 0.25) is 0 Å². The molecule has 0 amide bonds. The highest BCUT2D eigenvalue weighted by molar-refractivity contribution is 9.10. The van der Waals surface area contributed by atoms with Crippen LogP contribution in [-0.2, 0) is 6.54 Å². The number of methoxy groups -OCH3 is 1. The fourth-order valence-electron chi connectivity index (χ4n) is 1.25. The average Bonchev–Trinajstić information content (AvgIpc) is 2.58. The molecule has 84 valence electrons. The summed E-state index contributed by atoms with van der Waals surface area (Å²) in [7, 11) is 1.58. The number of pyridine rings is 1. The van der Waals surface area contributed by atoms with E-state index in [1.807, 2.05) is 12.1 Å². The molecular weight excluding hydrogens is 274 g/mol. The molecule has 0 fully saturated rings. The van der Waals surface area contributed by atoms with Crippen LogP contribution >= 0.6 is 15.9 Å². The predicted octanol–water partition coefficient (Wildman–Crippen LogP) is 1.07. The van der Waals surface area contributed by atoms with E-state index < -0.39 is 0 Å². The monoisotopic (exact) mass is 283 g/mol. The van der Waals surface area contributed by atoms with Crippen LogP contribution in [0.25, 0.3) is 0 Å². The fraction of sp³-hybridized carbons (Fsp3) is 0.222. The van der Waals surface area contributed by atoms with Gasteiger partial charge in [-0.1, -0.05) is 6.07 Å². The summed E-state index contributed by atoms with van der Waals surface area (Å²) >= 11 is 3.26. The number of aromatic nitrogens is 4. The second-order valence-corrected chi connectivity index (χ2v) is 3.78. The topological polar surface area (TPSA) is 78.9 Å². The van der Waals surface area contributed by atoms with Gasteiger partial charge in [0.2, 0.25) is 11.8 Å². The number of anilines is 1. The Bertz CT molecular complexity index is 498. The lowest BCUT2D eigenvalue weighted by molar-refractivity contribution is 0.395. The molecule has 0 saturated carbocycles. The van der Waals surface area contributed by atoms with Crippen LogP contribution in [0, 0.1) is 0 Å². The van der Waals surface area contributed by atoms with E-state index in [2.05, 4.69) is 31.0 Å². The van der Waals surface area contributed by atoms with Crippen LogP contribution in [-0.4, -0.2) is 26.9 Å². The molecule has 2 rings (SSSR count). The van der Waals surface area contributed by atoms with E-state index >= 15 is 0 Å². The molecule has 0 spiro atoms. The molecule has 0 atom stereocenters. The van der Waals surface area contributed by atoms with Gasteiger partial charge >= 0.3 is 0 Å². The molecule has 2 aromatic rings. The normalized spacial score (nSPS) is 10.4. The summed E-state index contributed by atoms with van der Waals surface area (Å²) in [5.41, 5.74) is 6.30. The van der Waals surface area contributed by atoms with Crippen molar-refractivity contribution in [1.29, 1.82) is 0 Å². The first kappa shape index (κ1) is 10.9. The van der Waals surface area contributed by atoms with E-state index in [0.717, 1.165) is 5.69 Å².